The molecular formula is C29H47F3O2. The largest absolute Gasteiger partial charge is 0.417 e. The zero-order valence-corrected chi connectivity index (χ0v) is 21.5. The SMILES string of the molecule is C[C@H](CCC(O)C1CCC1)[C@H]1CC[C@H]2[C@@H]3CC[C@H]4C[C@](O)(C(F)(F)F)CC[C@]4(C)[C@H]3CC[C@]12C. The van der Waals surface area contributed by atoms with Crippen LogP contribution in [0.2, 0.25) is 0 Å². The van der Waals surface area contributed by atoms with Crippen LogP contribution >= 0.6 is 0 Å². The number of halogens is 3. The van der Waals surface area contributed by atoms with Gasteiger partial charge >= 0.3 is 6.18 Å². The third-order valence-corrected chi connectivity index (χ3v) is 12.6. The zero-order chi connectivity index (χ0) is 24.5. The lowest BCUT2D eigenvalue weighted by molar-refractivity contribution is -0.290. The van der Waals surface area contributed by atoms with Crippen molar-refractivity contribution in [3.63, 3.8) is 0 Å². The smallest absolute Gasteiger partial charge is 0.393 e. The molecule has 0 saturated heterocycles. The van der Waals surface area contributed by atoms with Crippen LogP contribution in [-0.4, -0.2) is 28.1 Å². The van der Waals surface area contributed by atoms with E-state index in [9.17, 15) is 23.4 Å². The zero-order valence-electron chi connectivity index (χ0n) is 21.5. The average molecular weight is 485 g/mol. The van der Waals surface area contributed by atoms with Crippen molar-refractivity contribution in [3.8, 4) is 0 Å². The van der Waals surface area contributed by atoms with Crippen LogP contribution in [0.15, 0.2) is 0 Å². The van der Waals surface area contributed by atoms with Crippen molar-refractivity contribution in [1.29, 1.82) is 0 Å². The molecule has 5 rings (SSSR count). The highest BCUT2D eigenvalue weighted by Crippen LogP contribution is 2.69. The maximum absolute atomic E-state index is 13.6. The molecule has 34 heavy (non-hydrogen) atoms. The van der Waals surface area contributed by atoms with Gasteiger partial charge in [0.25, 0.3) is 0 Å². The Morgan fingerprint density at radius 1 is 0.853 bits per heavy atom. The van der Waals surface area contributed by atoms with Crippen LogP contribution in [0.3, 0.4) is 0 Å². The summed E-state index contributed by atoms with van der Waals surface area (Å²) in [5.41, 5.74) is -2.20. The van der Waals surface area contributed by atoms with Crippen LogP contribution in [0.5, 0.6) is 0 Å². The number of hydrogen-bond acceptors (Lipinski definition) is 2. The predicted molar refractivity (Wildman–Crippen MR) is 128 cm³/mol. The highest BCUT2D eigenvalue weighted by molar-refractivity contribution is 5.11. The van der Waals surface area contributed by atoms with Gasteiger partial charge in [-0.05, 0) is 136 Å². The molecule has 0 amide bonds. The standard InChI is InChI=1S/C29H47F3O2/c1-18(7-12-25(33)19-5-4-6-19)22-10-11-23-21-9-8-20-17-28(34,29(30,31)32)16-15-26(20,2)24(21)13-14-27(22,23)3/h18-25,33-34H,4-17H2,1-3H3/t18-,20+,21+,22-,23+,24+,25?,26+,27-,28+/m1/s1. The highest BCUT2D eigenvalue weighted by Gasteiger charge is 2.65. The van der Waals surface area contributed by atoms with E-state index < -0.39 is 11.8 Å². The van der Waals surface area contributed by atoms with E-state index in [-0.39, 0.29) is 30.3 Å². The van der Waals surface area contributed by atoms with Crippen LogP contribution in [0.25, 0.3) is 0 Å². The molecule has 5 aliphatic rings. The Hall–Kier alpha value is -0.290. The normalized spacial score (nSPS) is 48.9. The Morgan fingerprint density at radius 2 is 1.56 bits per heavy atom. The number of fused-ring (bicyclic) bond motifs is 5. The van der Waals surface area contributed by atoms with Crippen molar-refractivity contribution < 1.29 is 23.4 Å². The van der Waals surface area contributed by atoms with E-state index in [1.807, 2.05) is 0 Å². The molecule has 0 aromatic carbocycles. The number of hydrogen-bond donors (Lipinski definition) is 2. The fourth-order valence-electron chi connectivity index (χ4n) is 10.2. The second-order valence-corrected chi connectivity index (χ2v) is 13.9. The van der Waals surface area contributed by atoms with Gasteiger partial charge in [-0.25, -0.2) is 0 Å². The van der Waals surface area contributed by atoms with Gasteiger partial charge in [0, 0.05) is 0 Å². The Balaban J connectivity index is 1.26. The molecule has 2 nitrogen and oxygen atoms in total. The number of aliphatic hydroxyl groups excluding tert-OH is 1. The molecule has 1 unspecified atom stereocenters. The van der Waals surface area contributed by atoms with E-state index in [1.54, 1.807) is 0 Å². The van der Waals surface area contributed by atoms with Gasteiger partial charge in [-0.2, -0.15) is 13.2 Å². The Labute approximate surface area is 204 Å². The van der Waals surface area contributed by atoms with Crippen molar-refractivity contribution in [2.75, 3.05) is 0 Å². The maximum atomic E-state index is 13.6. The van der Waals surface area contributed by atoms with E-state index in [4.69, 9.17) is 0 Å². The molecule has 0 radical (unpaired) electrons. The van der Waals surface area contributed by atoms with Crippen LogP contribution in [-0.2, 0) is 0 Å². The van der Waals surface area contributed by atoms with Crippen molar-refractivity contribution in [2.45, 2.75) is 129 Å². The van der Waals surface area contributed by atoms with Crippen LogP contribution in [0, 0.1) is 52.3 Å². The van der Waals surface area contributed by atoms with Gasteiger partial charge < -0.3 is 10.2 Å². The molecule has 10 atom stereocenters. The first-order valence-corrected chi connectivity index (χ1v) is 14.4. The van der Waals surface area contributed by atoms with Gasteiger partial charge in [0.1, 0.15) is 0 Å². The molecule has 196 valence electrons. The average Bonchev–Trinajstić information content (AvgIpc) is 3.08. The van der Waals surface area contributed by atoms with E-state index in [0.717, 1.165) is 32.1 Å². The molecule has 5 aliphatic carbocycles. The molecule has 0 bridgehead atoms. The second-order valence-electron chi connectivity index (χ2n) is 13.9. The molecular weight excluding hydrogens is 437 g/mol. The van der Waals surface area contributed by atoms with Crippen LogP contribution in [0.4, 0.5) is 13.2 Å². The fraction of sp³-hybridized carbons (Fsp3) is 1.00. The van der Waals surface area contributed by atoms with E-state index in [2.05, 4.69) is 20.8 Å². The molecule has 0 spiro atoms. The second kappa shape index (κ2) is 8.64. The molecule has 5 heteroatoms. The molecule has 0 heterocycles. The lowest BCUT2D eigenvalue weighted by Crippen LogP contribution is -2.59. The molecule has 0 aromatic heterocycles. The van der Waals surface area contributed by atoms with Gasteiger partial charge in [-0.3, -0.25) is 0 Å². The third kappa shape index (κ3) is 3.89. The first-order chi connectivity index (χ1) is 15.9. The van der Waals surface area contributed by atoms with E-state index in [0.29, 0.717) is 47.3 Å². The lowest BCUT2D eigenvalue weighted by Gasteiger charge is -2.62. The molecule has 2 N–H and O–H groups in total. The summed E-state index contributed by atoms with van der Waals surface area (Å²) in [5, 5.41) is 21.0. The highest BCUT2D eigenvalue weighted by atomic mass is 19.4. The summed E-state index contributed by atoms with van der Waals surface area (Å²) in [7, 11) is 0. The molecule has 5 fully saturated rings. The molecule has 5 saturated carbocycles. The summed E-state index contributed by atoms with van der Waals surface area (Å²) >= 11 is 0. The summed E-state index contributed by atoms with van der Waals surface area (Å²) < 4.78 is 40.8. The first-order valence-electron chi connectivity index (χ1n) is 14.4. The third-order valence-electron chi connectivity index (χ3n) is 12.6. The molecule has 0 aromatic rings. The number of aliphatic hydroxyl groups is 2. The molecule has 0 aliphatic heterocycles. The minimum Gasteiger partial charge on any atom is -0.393 e. The van der Waals surface area contributed by atoms with Crippen molar-refractivity contribution in [2.24, 2.45) is 52.3 Å². The monoisotopic (exact) mass is 484 g/mol. The van der Waals surface area contributed by atoms with Crippen LogP contribution < -0.4 is 0 Å². The van der Waals surface area contributed by atoms with Gasteiger partial charge in [0.15, 0.2) is 5.60 Å². The van der Waals surface area contributed by atoms with E-state index in [1.165, 1.54) is 38.5 Å². The van der Waals surface area contributed by atoms with Crippen molar-refractivity contribution in [3.05, 3.63) is 0 Å². The minimum atomic E-state index is -4.52. The summed E-state index contributed by atoms with van der Waals surface area (Å²) in [6.45, 7) is 7.21. The van der Waals surface area contributed by atoms with Gasteiger partial charge in [-0.1, -0.05) is 27.2 Å². The summed E-state index contributed by atoms with van der Waals surface area (Å²) in [6, 6.07) is 0. The van der Waals surface area contributed by atoms with Gasteiger partial charge in [0.2, 0.25) is 0 Å². The lowest BCUT2D eigenvalue weighted by atomic mass is 9.43. The Kier molecular flexibility index (Phi) is 6.44. The quantitative estimate of drug-likeness (QED) is 0.424. The minimum absolute atomic E-state index is 0.0115. The number of alkyl halides is 3. The topological polar surface area (TPSA) is 40.5 Å². The number of rotatable bonds is 5. The van der Waals surface area contributed by atoms with Crippen molar-refractivity contribution >= 4 is 0 Å². The summed E-state index contributed by atoms with van der Waals surface area (Å²) in [4.78, 5) is 0. The Bertz CT molecular complexity index is 750. The summed E-state index contributed by atoms with van der Waals surface area (Å²) in [6.07, 6.45) is 8.16. The maximum Gasteiger partial charge on any atom is 0.417 e. The van der Waals surface area contributed by atoms with Gasteiger partial charge in [0.05, 0.1) is 6.10 Å². The van der Waals surface area contributed by atoms with Crippen molar-refractivity contribution in [1.82, 2.24) is 0 Å². The first kappa shape index (κ1) is 25.4. The summed E-state index contributed by atoms with van der Waals surface area (Å²) in [5.74, 6) is 3.70. The van der Waals surface area contributed by atoms with Gasteiger partial charge in [-0.15, -0.1) is 0 Å². The fourth-order valence-corrected chi connectivity index (χ4v) is 10.2. The predicted octanol–water partition coefficient (Wildman–Crippen LogP) is 7.52. The Morgan fingerprint density at radius 3 is 2.21 bits per heavy atom. The van der Waals surface area contributed by atoms with Crippen LogP contribution in [0.1, 0.15) is 111 Å². The van der Waals surface area contributed by atoms with E-state index >= 15 is 0 Å².